The summed E-state index contributed by atoms with van der Waals surface area (Å²) in [5.41, 5.74) is 3.78. The molecule has 1 fully saturated rings. The second kappa shape index (κ2) is 6.51. The van der Waals surface area contributed by atoms with E-state index in [1.807, 2.05) is 13.8 Å². The fraction of sp³-hybridized carbons (Fsp3) is 0.611. The lowest BCUT2D eigenvalue weighted by atomic mass is 9.89. The molecular weight excluding hydrogens is 304 g/mol. The summed E-state index contributed by atoms with van der Waals surface area (Å²) in [6, 6.07) is 0.404. The van der Waals surface area contributed by atoms with Crippen LogP contribution in [0, 0.1) is 20.8 Å². The van der Waals surface area contributed by atoms with E-state index < -0.39 is 0 Å². The molecule has 6 nitrogen and oxygen atoms in total. The highest BCUT2D eigenvalue weighted by atomic mass is 16.5. The van der Waals surface area contributed by atoms with Crippen molar-refractivity contribution in [2.75, 3.05) is 12.4 Å². The zero-order valence-corrected chi connectivity index (χ0v) is 15.3. The Morgan fingerprint density at radius 1 is 1.17 bits per heavy atom. The first-order valence-corrected chi connectivity index (χ1v) is 8.51. The molecule has 2 heterocycles. The van der Waals surface area contributed by atoms with Crippen LogP contribution in [-0.4, -0.2) is 34.4 Å². The maximum Gasteiger partial charge on any atom is 0.143 e. The van der Waals surface area contributed by atoms with Gasteiger partial charge in [-0.25, -0.2) is 9.97 Å². The third-order valence-electron chi connectivity index (χ3n) is 4.72. The van der Waals surface area contributed by atoms with Gasteiger partial charge in [0.15, 0.2) is 0 Å². The Morgan fingerprint density at radius 3 is 2.42 bits per heavy atom. The first-order chi connectivity index (χ1) is 11.4. The molecule has 0 unspecified atom stereocenters. The quantitative estimate of drug-likeness (QED) is 0.899. The minimum atomic E-state index is 0.249. The zero-order valence-electron chi connectivity index (χ0n) is 15.3. The third-order valence-corrected chi connectivity index (χ3v) is 4.72. The van der Waals surface area contributed by atoms with Gasteiger partial charge in [0.25, 0.3) is 0 Å². The number of hydrogen-bond donors (Lipinski definition) is 1. The van der Waals surface area contributed by atoms with E-state index in [-0.39, 0.29) is 5.92 Å². The molecule has 2 aromatic heterocycles. The van der Waals surface area contributed by atoms with Gasteiger partial charge in [0.05, 0.1) is 23.1 Å². The Balaban J connectivity index is 2.00. The molecule has 24 heavy (non-hydrogen) atoms. The molecule has 1 aliphatic rings. The summed E-state index contributed by atoms with van der Waals surface area (Å²) in [6.07, 6.45) is 2.38. The van der Waals surface area contributed by atoms with Crippen molar-refractivity contribution in [3.05, 3.63) is 22.8 Å². The van der Waals surface area contributed by atoms with Gasteiger partial charge in [0.1, 0.15) is 17.4 Å². The van der Waals surface area contributed by atoms with E-state index in [2.05, 4.69) is 31.2 Å². The van der Waals surface area contributed by atoms with Crippen molar-refractivity contribution in [3.63, 3.8) is 0 Å². The summed E-state index contributed by atoms with van der Waals surface area (Å²) >= 11 is 0. The van der Waals surface area contributed by atoms with Crippen LogP contribution in [-0.2, 0) is 4.74 Å². The number of aryl methyl sites for hydroxylation is 2. The molecule has 1 N–H and O–H groups in total. The second-order valence-corrected chi connectivity index (χ2v) is 6.93. The highest BCUT2D eigenvalue weighted by Gasteiger charge is 2.30. The van der Waals surface area contributed by atoms with Gasteiger partial charge in [-0.1, -0.05) is 19.0 Å². The van der Waals surface area contributed by atoms with Crippen molar-refractivity contribution < 1.29 is 9.26 Å². The van der Waals surface area contributed by atoms with Crippen LogP contribution in [0.25, 0.3) is 11.3 Å². The monoisotopic (exact) mass is 330 g/mol. The van der Waals surface area contributed by atoms with E-state index in [1.165, 1.54) is 0 Å². The van der Waals surface area contributed by atoms with E-state index >= 15 is 0 Å². The summed E-state index contributed by atoms with van der Waals surface area (Å²) in [4.78, 5) is 9.56. The van der Waals surface area contributed by atoms with Crippen molar-refractivity contribution in [1.29, 1.82) is 0 Å². The van der Waals surface area contributed by atoms with Gasteiger partial charge in [0, 0.05) is 24.6 Å². The highest BCUT2D eigenvalue weighted by Crippen LogP contribution is 2.34. The first-order valence-electron chi connectivity index (χ1n) is 8.51. The predicted octanol–water partition coefficient (Wildman–Crippen LogP) is 3.77. The van der Waals surface area contributed by atoms with Crippen molar-refractivity contribution in [1.82, 2.24) is 15.1 Å². The number of nitrogens with one attached hydrogen (secondary N) is 1. The van der Waals surface area contributed by atoms with Gasteiger partial charge in [-0.15, -0.1) is 0 Å². The van der Waals surface area contributed by atoms with Crippen LogP contribution in [0.4, 0.5) is 5.82 Å². The number of ether oxygens (including phenoxy) is 1. The normalized spacial score (nSPS) is 20.3. The molecule has 0 spiro atoms. The molecule has 0 aliphatic heterocycles. The van der Waals surface area contributed by atoms with E-state index in [4.69, 9.17) is 19.2 Å². The molecule has 3 rings (SSSR count). The summed E-state index contributed by atoms with van der Waals surface area (Å²) in [5.74, 6) is 2.78. The lowest BCUT2D eigenvalue weighted by Crippen LogP contribution is -2.40. The molecular formula is C18H26N4O2. The number of anilines is 1. The standard InChI is InChI=1S/C18H26N4O2/c1-9(2)17-20-16(15-11(4)22-24-12(15)5)10(3)18(21-17)19-13-7-14(8-13)23-6/h9,13-14H,7-8H2,1-6H3,(H,19,20,21)/t13-,14+. The van der Waals surface area contributed by atoms with Gasteiger partial charge in [-0.3, -0.25) is 0 Å². The van der Waals surface area contributed by atoms with Crippen molar-refractivity contribution >= 4 is 5.82 Å². The van der Waals surface area contributed by atoms with Crippen molar-refractivity contribution in [2.24, 2.45) is 0 Å². The van der Waals surface area contributed by atoms with Gasteiger partial charge >= 0.3 is 0 Å². The van der Waals surface area contributed by atoms with Crippen LogP contribution < -0.4 is 5.32 Å². The molecule has 1 saturated carbocycles. The molecule has 0 aromatic carbocycles. The zero-order chi connectivity index (χ0) is 17.4. The highest BCUT2D eigenvalue weighted by molar-refractivity contribution is 5.71. The van der Waals surface area contributed by atoms with E-state index in [0.29, 0.717) is 12.1 Å². The van der Waals surface area contributed by atoms with E-state index in [9.17, 15) is 0 Å². The molecule has 6 heteroatoms. The molecule has 2 aromatic rings. The van der Waals surface area contributed by atoms with Crippen molar-refractivity contribution in [2.45, 2.75) is 65.5 Å². The molecule has 0 radical (unpaired) electrons. The lowest BCUT2D eigenvalue weighted by molar-refractivity contribution is 0.0327. The summed E-state index contributed by atoms with van der Waals surface area (Å²) in [7, 11) is 1.77. The Hall–Kier alpha value is -1.95. The minimum absolute atomic E-state index is 0.249. The Kier molecular flexibility index (Phi) is 4.58. The maximum atomic E-state index is 5.37. The van der Waals surface area contributed by atoms with Gasteiger partial charge < -0.3 is 14.6 Å². The average molecular weight is 330 g/mol. The topological polar surface area (TPSA) is 73.1 Å². The molecule has 0 amide bonds. The molecule has 0 atom stereocenters. The number of rotatable bonds is 5. The maximum absolute atomic E-state index is 5.37. The number of nitrogens with zero attached hydrogens (tertiary/aromatic N) is 3. The second-order valence-electron chi connectivity index (χ2n) is 6.93. The van der Waals surface area contributed by atoms with Crippen LogP contribution >= 0.6 is 0 Å². The fourth-order valence-corrected chi connectivity index (χ4v) is 3.07. The number of methoxy groups -OCH3 is 1. The first kappa shape index (κ1) is 16.9. The summed E-state index contributed by atoms with van der Waals surface area (Å²) in [5, 5.41) is 7.64. The SMILES string of the molecule is CO[C@H]1C[C@@H](Nc2nc(C(C)C)nc(-c3c(C)noc3C)c2C)C1. The summed E-state index contributed by atoms with van der Waals surface area (Å²) in [6.45, 7) is 10.1. The number of aromatic nitrogens is 3. The number of hydrogen-bond acceptors (Lipinski definition) is 6. The average Bonchev–Trinajstić information content (AvgIpc) is 2.83. The van der Waals surface area contributed by atoms with Crippen molar-refractivity contribution in [3.8, 4) is 11.3 Å². The van der Waals surface area contributed by atoms with Crippen LogP contribution in [0.2, 0.25) is 0 Å². The van der Waals surface area contributed by atoms with Gasteiger partial charge in [0.2, 0.25) is 0 Å². The van der Waals surface area contributed by atoms with Crippen LogP contribution in [0.1, 0.15) is 55.4 Å². The fourth-order valence-electron chi connectivity index (χ4n) is 3.07. The Bertz CT molecular complexity index is 713. The lowest BCUT2D eigenvalue weighted by Gasteiger charge is -2.35. The van der Waals surface area contributed by atoms with Crippen LogP contribution in [0.5, 0.6) is 0 Å². The molecule has 0 saturated heterocycles. The van der Waals surface area contributed by atoms with E-state index in [1.54, 1.807) is 7.11 Å². The molecule has 1 aliphatic carbocycles. The van der Waals surface area contributed by atoms with E-state index in [0.717, 1.165) is 52.8 Å². The Labute approximate surface area is 143 Å². The van der Waals surface area contributed by atoms with Gasteiger partial charge in [-0.2, -0.15) is 0 Å². The van der Waals surface area contributed by atoms with Crippen LogP contribution in [0.15, 0.2) is 4.52 Å². The minimum Gasteiger partial charge on any atom is -0.381 e. The summed E-state index contributed by atoms with van der Waals surface area (Å²) < 4.78 is 10.7. The molecule has 130 valence electrons. The third kappa shape index (κ3) is 3.02. The Morgan fingerprint density at radius 2 is 1.88 bits per heavy atom. The smallest absolute Gasteiger partial charge is 0.143 e. The predicted molar refractivity (Wildman–Crippen MR) is 93.3 cm³/mol. The van der Waals surface area contributed by atoms with Gasteiger partial charge in [-0.05, 0) is 33.6 Å². The molecule has 0 bridgehead atoms. The largest absolute Gasteiger partial charge is 0.381 e. The van der Waals surface area contributed by atoms with Crippen LogP contribution in [0.3, 0.4) is 0 Å².